The van der Waals surface area contributed by atoms with Crippen LogP contribution < -0.4 is 5.32 Å². The molecule has 0 spiro atoms. The van der Waals surface area contributed by atoms with Gasteiger partial charge < -0.3 is 5.32 Å². The monoisotopic (exact) mass is 280 g/mol. The van der Waals surface area contributed by atoms with E-state index in [2.05, 4.69) is 10.3 Å². The number of para-hydroxylation sites is 1. The molecule has 0 unspecified atom stereocenters. The number of rotatable bonds is 3. The minimum atomic E-state index is -0.340. The summed E-state index contributed by atoms with van der Waals surface area (Å²) in [7, 11) is 0. The van der Waals surface area contributed by atoms with Crippen LogP contribution >= 0.6 is 0 Å². The Morgan fingerprint density at radius 1 is 1.10 bits per heavy atom. The third kappa shape index (κ3) is 3.23. The van der Waals surface area contributed by atoms with E-state index in [1.807, 2.05) is 30.3 Å². The number of benzene rings is 2. The van der Waals surface area contributed by atoms with Gasteiger partial charge in [-0.3, -0.25) is 9.78 Å². The van der Waals surface area contributed by atoms with Crippen molar-refractivity contribution in [2.45, 2.75) is 6.42 Å². The molecule has 4 heteroatoms. The molecule has 1 heterocycles. The first kappa shape index (κ1) is 13.2. The number of nitrogens with zero attached hydrogens (tertiary/aromatic N) is 1. The van der Waals surface area contributed by atoms with Gasteiger partial charge in [0.2, 0.25) is 5.91 Å². The van der Waals surface area contributed by atoms with Crippen LogP contribution in [0.3, 0.4) is 0 Å². The maximum absolute atomic E-state index is 13.1. The van der Waals surface area contributed by atoms with E-state index in [4.69, 9.17) is 0 Å². The summed E-state index contributed by atoms with van der Waals surface area (Å²) in [6, 6.07) is 15.6. The molecule has 0 aliphatic rings. The average Bonchev–Trinajstić information content (AvgIpc) is 2.47. The van der Waals surface area contributed by atoms with E-state index in [0.717, 1.165) is 10.9 Å². The van der Waals surface area contributed by atoms with Crippen molar-refractivity contribution in [2.24, 2.45) is 0 Å². The Bertz CT molecular complexity index is 801. The van der Waals surface area contributed by atoms with Crippen molar-refractivity contribution >= 4 is 22.5 Å². The summed E-state index contributed by atoms with van der Waals surface area (Å²) in [4.78, 5) is 16.2. The van der Waals surface area contributed by atoms with E-state index in [-0.39, 0.29) is 18.1 Å². The van der Waals surface area contributed by atoms with Gasteiger partial charge >= 0.3 is 0 Å². The van der Waals surface area contributed by atoms with Crippen molar-refractivity contribution in [3.05, 3.63) is 72.2 Å². The third-order valence-electron chi connectivity index (χ3n) is 3.13. The summed E-state index contributed by atoms with van der Waals surface area (Å²) in [6.45, 7) is 0. The summed E-state index contributed by atoms with van der Waals surface area (Å²) in [6.07, 6.45) is 1.75. The van der Waals surface area contributed by atoms with Crippen LogP contribution in [0.4, 0.5) is 10.1 Å². The lowest BCUT2D eigenvalue weighted by Gasteiger charge is -2.06. The van der Waals surface area contributed by atoms with Crippen LogP contribution in [0.5, 0.6) is 0 Å². The zero-order valence-electron chi connectivity index (χ0n) is 11.2. The van der Waals surface area contributed by atoms with Crippen molar-refractivity contribution in [1.82, 2.24) is 4.98 Å². The fourth-order valence-electron chi connectivity index (χ4n) is 2.18. The maximum atomic E-state index is 13.1. The molecule has 0 saturated heterocycles. The third-order valence-corrected chi connectivity index (χ3v) is 3.13. The lowest BCUT2D eigenvalue weighted by Crippen LogP contribution is -2.14. The van der Waals surface area contributed by atoms with Gasteiger partial charge in [0.15, 0.2) is 0 Å². The zero-order valence-corrected chi connectivity index (χ0v) is 11.2. The van der Waals surface area contributed by atoms with Gasteiger partial charge in [0, 0.05) is 5.39 Å². The number of anilines is 1. The Labute approximate surface area is 121 Å². The van der Waals surface area contributed by atoms with Crippen LogP contribution in [-0.4, -0.2) is 10.9 Å². The first-order chi connectivity index (χ1) is 10.2. The Balaban J connectivity index is 1.74. The SMILES string of the molecule is O=C(Cc1cccc(F)c1)Nc1cnc2ccccc2c1. The predicted molar refractivity (Wildman–Crippen MR) is 80.5 cm³/mol. The first-order valence-corrected chi connectivity index (χ1v) is 6.60. The Morgan fingerprint density at radius 3 is 2.81 bits per heavy atom. The van der Waals surface area contributed by atoms with E-state index in [1.54, 1.807) is 18.3 Å². The number of halogens is 1. The van der Waals surface area contributed by atoms with Crippen molar-refractivity contribution in [3.8, 4) is 0 Å². The second-order valence-corrected chi connectivity index (χ2v) is 4.77. The molecule has 0 atom stereocenters. The molecule has 3 aromatic rings. The van der Waals surface area contributed by atoms with Gasteiger partial charge in [0.25, 0.3) is 0 Å². The highest BCUT2D eigenvalue weighted by Crippen LogP contribution is 2.16. The van der Waals surface area contributed by atoms with Gasteiger partial charge in [-0.2, -0.15) is 0 Å². The number of pyridine rings is 1. The molecule has 0 bridgehead atoms. The second-order valence-electron chi connectivity index (χ2n) is 4.77. The molecule has 0 saturated carbocycles. The van der Waals surface area contributed by atoms with Crippen molar-refractivity contribution in [1.29, 1.82) is 0 Å². The zero-order chi connectivity index (χ0) is 14.7. The highest BCUT2D eigenvalue weighted by molar-refractivity contribution is 5.94. The largest absolute Gasteiger partial charge is 0.324 e. The molecule has 3 nitrogen and oxygen atoms in total. The molecule has 1 aromatic heterocycles. The summed E-state index contributed by atoms with van der Waals surface area (Å²) < 4.78 is 13.1. The van der Waals surface area contributed by atoms with Crippen LogP contribution in [0.2, 0.25) is 0 Å². The summed E-state index contributed by atoms with van der Waals surface area (Å²) >= 11 is 0. The Hall–Kier alpha value is -2.75. The number of fused-ring (bicyclic) bond motifs is 1. The van der Waals surface area contributed by atoms with E-state index in [1.165, 1.54) is 12.1 Å². The Morgan fingerprint density at radius 2 is 1.95 bits per heavy atom. The number of carbonyl (C=O) groups is 1. The van der Waals surface area contributed by atoms with Crippen molar-refractivity contribution in [3.63, 3.8) is 0 Å². The smallest absolute Gasteiger partial charge is 0.228 e. The normalized spacial score (nSPS) is 10.5. The first-order valence-electron chi connectivity index (χ1n) is 6.60. The molecule has 0 aliphatic heterocycles. The molecule has 0 aliphatic carbocycles. The molecule has 3 rings (SSSR count). The molecule has 1 N–H and O–H groups in total. The second kappa shape index (κ2) is 5.71. The van der Waals surface area contributed by atoms with Gasteiger partial charge in [-0.1, -0.05) is 30.3 Å². The van der Waals surface area contributed by atoms with E-state index in [0.29, 0.717) is 11.3 Å². The minimum absolute atomic E-state index is 0.130. The lowest BCUT2D eigenvalue weighted by molar-refractivity contribution is -0.115. The van der Waals surface area contributed by atoms with Crippen molar-refractivity contribution in [2.75, 3.05) is 5.32 Å². The molecule has 0 radical (unpaired) electrons. The summed E-state index contributed by atoms with van der Waals surface area (Å²) in [5.74, 6) is -0.537. The van der Waals surface area contributed by atoms with Gasteiger partial charge in [-0.25, -0.2) is 4.39 Å². The number of nitrogens with one attached hydrogen (secondary N) is 1. The van der Waals surface area contributed by atoms with Crippen LogP contribution in [-0.2, 0) is 11.2 Å². The summed E-state index contributed by atoms with van der Waals surface area (Å²) in [5, 5.41) is 3.74. The average molecular weight is 280 g/mol. The quantitative estimate of drug-likeness (QED) is 0.797. The van der Waals surface area contributed by atoms with Crippen LogP contribution in [0, 0.1) is 5.82 Å². The highest BCUT2D eigenvalue weighted by atomic mass is 19.1. The molecule has 21 heavy (non-hydrogen) atoms. The number of amides is 1. The van der Waals surface area contributed by atoms with Gasteiger partial charge in [-0.15, -0.1) is 0 Å². The molecular weight excluding hydrogens is 267 g/mol. The molecule has 104 valence electrons. The van der Waals surface area contributed by atoms with E-state index < -0.39 is 0 Å². The fraction of sp³-hybridized carbons (Fsp3) is 0.0588. The Kier molecular flexibility index (Phi) is 3.60. The van der Waals surface area contributed by atoms with Crippen LogP contribution in [0.25, 0.3) is 10.9 Å². The van der Waals surface area contributed by atoms with Crippen LogP contribution in [0.15, 0.2) is 60.8 Å². The topological polar surface area (TPSA) is 42.0 Å². The number of hydrogen-bond donors (Lipinski definition) is 1. The van der Waals surface area contributed by atoms with E-state index in [9.17, 15) is 9.18 Å². The van der Waals surface area contributed by atoms with E-state index >= 15 is 0 Å². The fourth-order valence-corrected chi connectivity index (χ4v) is 2.18. The lowest BCUT2D eigenvalue weighted by atomic mass is 10.1. The number of hydrogen-bond acceptors (Lipinski definition) is 2. The van der Waals surface area contributed by atoms with Crippen molar-refractivity contribution < 1.29 is 9.18 Å². The standard InChI is InChI=1S/C17H13FN2O/c18-14-6-3-4-12(8-14)9-17(21)20-15-10-13-5-1-2-7-16(13)19-11-15/h1-8,10-11H,9H2,(H,20,21). The number of aromatic nitrogens is 1. The maximum Gasteiger partial charge on any atom is 0.228 e. The predicted octanol–water partition coefficient (Wildman–Crippen LogP) is 3.56. The minimum Gasteiger partial charge on any atom is -0.324 e. The molecule has 1 amide bonds. The van der Waals surface area contributed by atoms with Crippen LogP contribution in [0.1, 0.15) is 5.56 Å². The molecule has 0 fully saturated rings. The molecule has 2 aromatic carbocycles. The molecular formula is C17H13FN2O. The van der Waals surface area contributed by atoms with Gasteiger partial charge in [-0.05, 0) is 29.8 Å². The number of carbonyl (C=O) groups excluding carboxylic acids is 1. The van der Waals surface area contributed by atoms with Gasteiger partial charge in [0.05, 0.1) is 23.8 Å². The highest BCUT2D eigenvalue weighted by Gasteiger charge is 2.06. The summed E-state index contributed by atoms with van der Waals surface area (Å²) in [5.41, 5.74) is 2.15. The van der Waals surface area contributed by atoms with Gasteiger partial charge in [0.1, 0.15) is 5.82 Å².